The average Bonchev–Trinajstić information content (AvgIpc) is 2.29. The van der Waals surface area contributed by atoms with Gasteiger partial charge in [-0.3, -0.25) is 0 Å². The molecule has 0 aliphatic carbocycles. The van der Waals surface area contributed by atoms with Crippen molar-refractivity contribution in [1.29, 1.82) is 0 Å². The first-order chi connectivity index (χ1) is 7.63. The molecule has 0 saturated heterocycles. The van der Waals surface area contributed by atoms with E-state index in [1.54, 1.807) is 0 Å². The van der Waals surface area contributed by atoms with E-state index in [2.05, 4.69) is 29.5 Å². The molecule has 1 heterocycles. The average molecular weight is 223 g/mol. The van der Waals surface area contributed by atoms with Gasteiger partial charge in [0.15, 0.2) is 0 Å². The van der Waals surface area contributed by atoms with Crippen LogP contribution < -0.4 is 10.6 Å². The molecular weight excluding hydrogens is 202 g/mol. The summed E-state index contributed by atoms with van der Waals surface area (Å²) in [5.74, 6) is 1.68. The Balaban J connectivity index is 2.77. The molecule has 0 radical (unpaired) electrons. The monoisotopic (exact) mass is 223 g/mol. The molecule has 0 saturated carbocycles. The summed E-state index contributed by atoms with van der Waals surface area (Å²) in [4.78, 5) is 4.40. The summed E-state index contributed by atoms with van der Waals surface area (Å²) in [6, 6.07) is 5.81. The molecule has 1 atom stereocenters. The summed E-state index contributed by atoms with van der Waals surface area (Å²) in [7, 11) is 1.85. The number of pyridine rings is 1. The van der Waals surface area contributed by atoms with Crippen LogP contribution in [0.1, 0.15) is 26.7 Å². The summed E-state index contributed by atoms with van der Waals surface area (Å²) in [6.45, 7) is 4.38. The SMILES string of the molecule is CCC(C)(CCO)Nc1cccc(NC)n1. The van der Waals surface area contributed by atoms with E-state index in [1.807, 2.05) is 25.2 Å². The van der Waals surface area contributed by atoms with Gasteiger partial charge in [-0.1, -0.05) is 13.0 Å². The lowest BCUT2D eigenvalue weighted by atomic mass is 9.95. The number of aliphatic hydroxyl groups excluding tert-OH is 1. The summed E-state index contributed by atoms with van der Waals surface area (Å²) >= 11 is 0. The van der Waals surface area contributed by atoms with Gasteiger partial charge >= 0.3 is 0 Å². The van der Waals surface area contributed by atoms with Crippen molar-refractivity contribution in [3.63, 3.8) is 0 Å². The first-order valence-electron chi connectivity index (χ1n) is 5.67. The highest BCUT2D eigenvalue weighted by atomic mass is 16.3. The first kappa shape index (κ1) is 12.8. The third-order valence-electron chi connectivity index (χ3n) is 2.88. The number of nitrogens with one attached hydrogen (secondary N) is 2. The van der Waals surface area contributed by atoms with E-state index < -0.39 is 0 Å². The summed E-state index contributed by atoms with van der Waals surface area (Å²) in [6.07, 6.45) is 1.66. The normalized spacial score (nSPS) is 14.2. The molecule has 1 rings (SSSR count). The van der Waals surface area contributed by atoms with Crippen LogP contribution in [-0.4, -0.2) is 29.3 Å². The summed E-state index contributed by atoms with van der Waals surface area (Å²) in [5.41, 5.74) is -0.103. The largest absolute Gasteiger partial charge is 0.396 e. The Morgan fingerprint density at radius 3 is 2.62 bits per heavy atom. The Morgan fingerprint density at radius 1 is 1.38 bits per heavy atom. The van der Waals surface area contributed by atoms with Crippen molar-refractivity contribution in [3.8, 4) is 0 Å². The zero-order valence-electron chi connectivity index (χ0n) is 10.2. The van der Waals surface area contributed by atoms with Crippen molar-refractivity contribution in [2.75, 3.05) is 24.3 Å². The molecule has 0 spiro atoms. The number of nitrogens with zero attached hydrogens (tertiary/aromatic N) is 1. The fourth-order valence-electron chi connectivity index (χ4n) is 1.53. The minimum Gasteiger partial charge on any atom is -0.396 e. The Kier molecular flexibility index (Phi) is 4.55. The minimum absolute atomic E-state index is 0.103. The fraction of sp³-hybridized carbons (Fsp3) is 0.583. The lowest BCUT2D eigenvalue weighted by molar-refractivity contribution is 0.252. The van der Waals surface area contributed by atoms with Crippen LogP contribution in [0.15, 0.2) is 18.2 Å². The highest BCUT2D eigenvalue weighted by Gasteiger charge is 2.21. The second-order valence-electron chi connectivity index (χ2n) is 4.17. The predicted molar refractivity (Wildman–Crippen MR) is 67.8 cm³/mol. The van der Waals surface area contributed by atoms with Gasteiger partial charge < -0.3 is 15.7 Å². The molecule has 90 valence electrons. The third-order valence-corrected chi connectivity index (χ3v) is 2.88. The second-order valence-corrected chi connectivity index (χ2v) is 4.17. The Bertz CT molecular complexity index is 330. The maximum absolute atomic E-state index is 9.04. The number of hydrogen-bond acceptors (Lipinski definition) is 4. The van der Waals surface area contributed by atoms with Crippen molar-refractivity contribution in [2.45, 2.75) is 32.2 Å². The van der Waals surface area contributed by atoms with E-state index in [9.17, 15) is 0 Å². The van der Waals surface area contributed by atoms with Crippen LogP contribution in [0.25, 0.3) is 0 Å². The van der Waals surface area contributed by atoms with Gasteiger partial charge in [-0.25, -0.2) is 4.98 Å². The van der Waals surface area contributed by atoms with Crippen molar-refractivity contribution in [1.82, 2.24) is 4.98 Å². The third kappa shape index (κ3) is 3.38. The molecule has 0 bridgehead atoms. The molecule has 0 aromatic carbocycles. The number of anilines is 2. The smallest absolute Gasteiger partial charge is 0.128 e. The quantitative estimate of drug-likeness (QED) is 0.691. The van der Waals surface area contributed by atoms with E-state index in [-0.39, 0.29) is 12.1 Å². The van der Waals surface area contributed by atoms with E-state index in [1.165, 1.54) is 0 Å². The lowest BCUT2D eigenvalue weighted by Crippen LogP contribution is -2.35. The van der Waals surface area contributed by atoms with Crippen LogP contribution in [0.2, 0.25) is 0 Å². The molecule has 0 aliphatic rings. The van der Waals surface area contributed by atoms with Gasteiger partial charge in [-0.15, -0.1) is 0 Å². The standard InChI is InChI=1S/C12H21N3O/c1-4-12(2,8-9-16)15-11-7-5-6-10(13-3)14-11/h5-7,16H,4,8-9H2,1-3H3,(H2,13,14,15). The Labute approximate surface area is 97.1 Å². The molecule has 0 aliphatic heterocycles. The molecular formula is C12H21N3O. The fourth-order valence-corrected chi connectivity index (χ4v) is 1.53. The molecule has 1 aromatic rings. The van der Waals surface area contributed by atoms with Crippen LogP contribution in [-0.2, 0) is 0 Å². The molecule has 1 unspecified atom stereocenters. The van der Waals surface area contributed by atoms with Gasteiger partial charge in [-0.05, 0) is 31.9 Å². The maximum Gasteiger partial charge on any atom is 0.128 e. The minimum atomic E-state index is -0.103. The Morgan fingerprint density at radius 2 is 2.06 bits per heavy atom. The van der Waals surface area contributed by atoms with Crippen molar-refractivity contribution in [3.05, 3.63) is 18.2 Å². The maximum atomic E-state index is 9.04. The highest BCUT2D eigenvalue weighted by molar-refractivity contribution is 5.46. The van der Waals surface area contributed by atoms with Crippen LogP contribution in [0.4, 0.5) is 11.6 Å². The summed E-state index contributed by atoms with van der Waals surface area (Å²) in [5, 5.41) is 15.4. The van der Waals surface area contributed by atoms with Crippen LogP contribution >= 0.6 is 0 Å². The molecule has 16 heavy (non-hydrogen) atoms. The molecule has 4 heteroatoms. The van der Waals surface area contributed by atoms with Crippen LogP contribution in [0.3, 0.4) is 0 Å². The van der Waals surface area contributed by atoms with E-state index in [0.717, 1.165) is 24.5 Å². The Hall–Kier alpha value is -1.29. The highest BCUT2D eigenvalue weighted by Crippen LogP contribution is 2.21. The van der Waals surface area contributed by atoms with Gasteiger partial charge in [0.1, 0.15) is 11.6 Å². The van der Waals surface area contributed by atoms with E-state index in [0.29, 0.717) is 0 Å². The zero-order chi connectivity index (χ0) is 12.0. The zero-order valence-corrected chi connectivity index (χ0v) is 10.2. The van der Waals surface area contributed by atoms with Crippen molar-refractivity contribution < 1.29 is 5.11 Å². The number of rotatable bonds is 6. The van der Waals surface area contributed by atoms with Crippen molar-refractivity contribution in [2.24, 2.45) is 0 Å². The molecule has 0 fully saturated rings. The van der Waals surface area contributed by atoms with E-state index >= 15 is 0 Å². The number of hydrogen-bond donors (Lipinski definition) is 3. The molecule has 3 N–H and O–H groups in total. The van der Waals surface area contributed by atoms with E-state index in [4.69, 9.17) is 5.11 Å². The van der Waals surface area contributed by atoms with Crippen LogP contribution in [0.5, 0.6) is 0 Å². The van der Waals surface area contributed by atoms with Crippen molar-refractivity contribution >= 4 is 11.6 Å². The summed E-state index contributed by atoms with van der Waals surface area (Å²) < 4.78 is 0. The lowest BCUT2D eigenvalue weighted by Gasteiger charge is -2.29. The first-order valence-corrected chi connectivity index (χ1v) is 5.67. The number of aliphatic hydroxyl groups is 1. The van der Waals surface area contributed by atoms with Gasteiger partial charge in [0, 0.05) is 19.2 Å². The van der Waals surface area contributed by atoms with Gasteiger partial charge in [0.2, 0.25) is 0 Å². The van der Waals surface area contributed by atoms with Crippen LogP contribution in [0, 0.1) is 0 Å². The van der Waals surface area contributed by atoms with Gasteiger partial charge in [0.25, 0.3) is 0 Å². The molecule has 0 amide bonds. The number of aromatic nitrogens is 1. The van der Waals surface area contributed by atoms with Gasteiger partial charge in [0.05, 0.1) is 0 Å². The second kappa shape index (κ2) is 5.70. The predicted octanol–water partition coefficient (Wildman–Crippen LogP) is 2.09. The molecule has 1 aromatic heterocycles. The van der Waals surface area contributed by atoms with Gasteiger partial charge in [-0.2, -0.15) is 0 Å². The molecule has 4 nitrogen and oxygen atoms in total. The topological polar surface area (TPSA) is 57.2 Å².